The van der Waals surface area contributed by atoms with Crippen molar-refractivity contribution >= 4 is 11.0 Å². The van der Waals surface area contributed by atoms with E-state index in [0.717, 1.165) is 23.4 Å². The molecule has 1 spiro atoms. The number of aromatic nitrogens is 5. The van der Waals surface area contributed by atoms with Gasteiger partial charge in [-0.1, -0.05) is 19.3 Å². The molecule has 1 saturated carbocycles. The summed E-state index contributed by atoms with van der Waals surface area (Å²) in [5.41, 5.74) is 2.43. The lowest BCUT2D eigenvalue weighted by Gasteiger charge is -2.43. The van der Waals surface area contributed by atoms with E-state index in [1.54, 1.807) is 6.33 Å². The van der Waals surface area contributed by atoms with Gasteiger partial charge in [-0.3, -0.25) is 0 Å². The predicted octanol–water partition coefficient (Wildman–Crippen LogP) is 2.97. The molecule has 1 aliphatic heterocycles. The van der Waals surface area contributed by atoms with Crippen LogP contribution < -0.4 is 0 Å². The van der Waals surface area contributed by atoms with Gasteiger partial charge in [0.2, 0.25) is 0 Å². The Kier molecular flexibility index (Phi) is 2.15. The Morgan fingerprint density at radius 3 is 2.90 bits per heavy atom. The monoisotopic (exact) mass is 279 g/mol. The van der Waals surface area contributed by atoms with Crippen molar-refractivity contribution in [1.29, 1.82) is 0 Å². The molecule has 5 rings (SSSR count). The van der Waals surface area contributed by atoms with E-state index >= 15 is 0 Å². The van der Waals surface area contributed by atoms with Gasteiger partial charge < -0.3 is 9.13 Å². The molecule has 2 aliphatic rings. The third-order valence-electron chi connectivity index (χ3n) is 5.13. The zero-order valence-corrected chi connectivity index (χ0v) is 11.9. The first-order chi connectivity index (χ1) is 10.4. The van der Waals surface area contributed by atoms with Crippen molar-refractivity contribution in [2.24, 2.45) is 0 Å². The van der Waals surface area contributed by atoms with Crippen LogP contribution in [0.1, 0.15) is 32.1 Å². The van der Waals surface area contributed by atoms with Crippen molar-refractivity contribution in [2.75, 3.05) is 0 Å². The summed E-state index contributed by atoms with van der Waals surface area (Å²) in [6, 6.07) is 2.20. The third kappa shape index (κ3) is 1.43. The number of hydrogen-bond acceptors (Lipinski definition) is 3. The highest BCUT2D eigenvalue weighted by Gasteiger charge is 2.41. The number of nitrogens with zero attached hydrogens (tertiary/aromatic N) is 5. The Bertz CT molecular complexity index is 822. The summed E-state index contributed by atoms with van der Waals surface area (Å²) in [6.07, 6.45) is 14.0. The van der Waals surface area contributed by atoms with Gasteiger partial charge in [-0.25, -0.2) is 15.0 Å². The largest absolute Gasteiger partial charge is 0.327 e. The standard InChI is InChI=1S/C16H17N5/c1-2-4-16(5-3-1)10-20-7-6-18-15(20)13-8-12-9-17-11-19-14(12)21(13)16/h6-9,11H,1-5,10H2. The molecule has 3 aromatic rings. The van der Waals surface area contributed by atoms with Crippen LogP contribution in [-0.2, 0) is 12.1 Å². The number of imidazole rings is 1. The van der Waals surface area contributed by atoms with E-state index in [0.29, 0.717) is 0 Å². The second kappa shape index (κ2) is 3.93. The summed E-state index contributed by atoms with van der Waals surface area (Å²) < 4.78 is 4.78. The van der Waals surface area contributed by atoms with E-state index < -0.39 is 0 Å². The molecule has 0 atom stereocenters. The first-order valence-corrected chi connectivity index (χ1v) is 7.71. The van der Waals surface area contributed by atoms with Crippen molar-refractivity contribution in [1.82, 2.24) is 24.1 Å². The predicted molar refractivity (Wildman–Crippen MR) is 79.8 cm³/mol. The molecule has 1 aliphatic carbocycles. The summed E-state index contributed by atoms with van der Waals surface area (Å²) >= 11 is 0. The highest BCUT2D eigenvalue weighted by molar-refractivity contribution is 5.83. The molecule has 0 bridgehead atoms. The van der Waals surface area contributed by atoms with Crippen molar-refractivity contribution in [3.8, 4) is 11.5 Å². The summed E-state index contributed by atoms with van der Waals surface area (Å²) in [4.78, 5) is 13.3. The van der Waals surface area contributed by atoms with Crippen LogP contribution in [0.15, 0.2) is 31.0 Å². The summed E-state index contributed by atoms with van der Waals surface area (Å²) in [5, 5.41) is 1.12. The second-order valence-electron chi connectivity index (χ2n) is 6.33. The lowest BCUT2D eigenvalue weighted by Crippen LogP contribution is -2.43. The van der Waals surface area contributed by atoms with Crippen molar-refractivity contribution in [3.63, 3.8) is 0 Å². The van der Waals surface area contributed by atoms with Gasteiger partial charge in [-0.15, -0.1) is 0 Å². The molecule has 0 unspecified atom stereocenters. The zero-order chi connectivity index (χ0) is 13.9. The molecule has 0 aromatic carbocycles. The van der Waals surface area contributed by atoms with Gasteiger partial charge in [0.05, 0.1) is 11.2 Å². The highest BCUT2D eigenvalue weighted by Crippen LogP contribution is 2.45. The van der Waals surface area contributed by atoms with E-state index in [-0.39, 0.29) is 5.54 Å². The number of fused-ring (bicyclic) bond motifs is 6. The maximum Gasteiger partial charge on any atom is 0.156 e. The van der Waals surface area contributed by atoms with Gasteiger partial charge >= 0.3 is 0 Å². The molecule has 0 N–H and O–H groups in total. The first kappa shape index (κ1) is 11.5. The molecular weight excluding hydrogens is 262 g/mol. The van der Waals surface area contributed by atoms with Gasteiger partial charge in [-0.2, -0.15) is 0 Å². The Balaban J connectivity index is 1.87. The molecule has 4 heterocycles. The quantitative estimate of drug-likeness (QED) is 0.635. The fourth-order valence-electron chi connectivity index (χ4n) is 4.24. The second-order valence-corrected chi connectivity index (χ2v) is 6.33. The average Bonchev–Trinajstić information content (AvgIpc) is 3.11. The van der Waals surface area contributed by atoms with Crippen LogP contribution in [0.25, 0.3) is 22.6 Å². The van der Waals surface area contributed by atoms with Crippen LogP contribution in [0.4, 0.5) is 0 Å². The van der Waals surface area contributed by atoms with E-state index in [9.17, 15) is 0 Å². The summed E-state index contributed by atoms with van der Waals surface area (Å²) in [7, 11) is 0. The van der Waals surface area contributed by atoms with Crippen LogP contribution in [-0.4, -0.2) is 24.1 Å². The number of rotatable bonds is 0. The van der Waals surface area contributed by atoms with Crippen LogP contribution in [0.2, 0.25) is 0 Å². The van der Waals surface area contributed by atoms with Crippen molar-refractivity contribution < 1.29 is 0 Å². The minimum absolute atomic E-state index is 0.164. The van der Waals surface area contributed by atoms with E-state index in [1.807, 2.05) is 12.4 Å². The summed E-state index contributed by atoms with van der Waals surface area (Å²) in [6.45, 7) is 1.02. The van der Waals surface area contributed by atoms with Crippen LogP contribution in [0.5, 0.6) is 0 Å². The van der Waals surface area contributed by atoms with Gasteiger partial charge in [0.1, 0.15) is 12.0 Å². The molecule has 5 heteroatoms. The lowest BCUT2D eigenvalue weighted by atomic mass is 9.80. The number of hydrogen-bond donors (Lipinski definition) is 0. The molecule has 21 heavy (non-hydrogen) atoms. The normalized spacial score (nSPS) is 19.6. The van der Waals surface area contributed by atoms with E-state index in [1.165, 1.54) is 37.8 Å². The average molecular weight is 279 g/mol. The lowest BCUT2D eigenvalue weighted by molar-refractivity contribution is 0.163. The molecule has 5 nitrogen and oxygen atoms in total. The maximum atomic E-state index is 4.58. The fourth-order valence-corrected chi connectivity index (χ4v) is 4.24. The van der Waals surface area contributed by atoms with Gasteiger partial charge in [0.25, 0.3) is 0 Å². The molecule has 0 radical (unpaired) electrons. The summed E-state index contributed by atoms with van der Waals surface area (Å²) in [5.74, 6) is 1.06. The molecule has 0 saturated heterocycles. The van der Waals surface area contributed by atoms with Gasteiger partial charge in [-0.05, 0) is 18.9 Å². The zero-order valence-electron chi connectivity index (χ0n) is 11.9. The van der Waals surface area contributed by atoms with Crippen LogP contribution >= 0.6 is 0 Å². The third-order valence-corrected chi connectivity index (χ3v) is 5.13. The van der Waals surface area contributed by atoms with Gasteiger partial charge in [0, 0.05) is 30.5 Å². The Labute approximate surface area is 122 Å². The van der Waals surface area contributed by atoms with Crippen molar-refractivity contribution in [2.45, 2.75) is 44.2 Å². The Morgan fingerprint density at radius 2 is 2.00 bits per heavy atom. The van der Waals surface area contributed by atoms with E-state index in [4.69, 9.17) is 0 Å². The van der Waals surface area contributed by atoms with Crippen LogP contribution in [0, 0.1) is 0 Å². The SMILES string of the molecule is c1cn2c(n1)-c1cc3cncnc3n1C1(CCCCC1)C2. The Hall–Kier alpha value is -2.17. The molecule has 106 valence electrons. The van der Waals surface area contributed by atoms with Crippen LogP contribution in [0.3, 0.4) is 0 Å². The minimum Gasteiger partial charge on any atom is -0.327 e. The first-order valence-electron chi connectivity index (χ1n) is 7.71. The molecular formula is C16H17N5. The molecule has 3 aromatic heterocycles. The highest BCUT2D eigenvalue weighted by atomic mass is 15.2. The Morgan fingerprint density at radius 1 is 1.10 bits per heavy atom. The van der Waals surface area contributed by atoms with E-state index in [2.05, 4.69) is 36.3 Å². The molecule has 0 amide bonds. The topological polar surface area (TPSA) is 48.5 Å². The smallest absolute Gasteiger partial charge is 0.156 e. The fraction of sp³-hybridized carbons (Fsp3) is 0.438. The van der Waals surface area contributed by atoms with Gasteiger partial charge in [0.15, 0.2) is 5.82 Å². The maximum absolute atomic E-state index is 4.58. The van der Waals surface area contributed by atoms with Crippen molar-refractivity contribution in [3.05, 3.63) is 31.0 Å². The molecule has 1 fully saturated rings. The minimum atomic E-state index is 0.164.